The van der Waals surface area contributed by atoms with Crippen LogP contribution < -0.4 is 15.0 Å². The summed E-state index contributed by atoms with van der Waals surface area (Å²) >= 11 is 0. The summed E-state index contributed by atoms with van der Waals surface area (Å²) in [5, 5.41) is 2.67. The monoisotopic (exact) mass is 396 g/mol. The van der Waals surface area contributed by atoms with E-state index in [1.165, 1.54) is 0 Å². The highest BCUT2D eigenvalue weighted by atomic mass is 16.6. The number of amides is 2. The second-order valence-corrected chi connectivity index (χ2v) is 6.68. The van der Waals surface area contributed by atoms with Gasteiger partial charge in [0.15, 0.2) is 12.7 Å². The summed E-state index contributed by atoms with van der Waals surface area (Å²) in [6, 6.07) is 16.0. The lowest BCUT2D eigenvalue weighted by molar-refractivity contribution is -0.154. The summed E-state index contributed by atoms with van der Waals surface area (Å²) in [7, 11) is 0. The van der Waals surface area contributed by atoms with Crippen molar-refractivity contribution in [2.45, 2.75) is 32.3 Å². The van der Waals surface area contributed by atoms with Crippen LogP contribution in [0.15, 0.2) is 54.6 Å². The summed E-state index contributed by atoms with van der Waals surface area (Å²) in [4.78, 5) is 37.8. The zero-order valence-corrected chi connectivity index (χ0v) is 16.3. The van der Waals surface area contributed by atoms with Crippen molar-refractivity contribution in [3.63, 3.8) is 0 Å². The highest BCUT2D eigenvalue weighted by Crippen LogP contribution is 2.23. The fourth-order valence-corrected chi connectivity index (χ4v) is 3.03. The molecule has 152 valence electrons. The van der Waals surface area contributed by atoms with E-state index < -0.39 is 24.6 Å². The molecular formula is C22H24N2O5. The van der Waals surface area contributed by atoms with E-state index in [0.29, 0.717) is 30.8 Å². The standard InChI is InChI=1S/C22H24N2O5/c1-2-19(29-18-7-4-3-5-8-18)22(27)28-15-20(25)23-16-10-12-17(13-11-16)24-14-6-9-21(24)26/h3-5,7-8,10-13,19H,2,6,9,14-15H2,1H3,(H,23,25)/t19-/m0/s1. The average Bonchev–Trinajstić information content (AvgIpc) is 3.17. The molecule has 1 saturated heterocycles. The third-order valence-electron chi connectivity index (χ3n) is 4.54. The fraction of sp³-hybridized carbons (Fsp3) is 0.318. The van der Waals surface area contributed by atoms with Gasteiger partial charge in [-0.15, -0.1) is 0 Å². The van der Waals surface area contributed by atoms with Crippen molar-refractivity contribution in [2.75, 3.05) is 23.4 Å². The number of carbonyl (C=O) groups excluding carboxylic acids is 3. The van der Waals surface area contributed by atoms with Gasteiger partial charge in [0, 0.05) is 24.3 Å². The van der Waals surface area contributed by atoms with Crippen LogP contribution in [0.2, 0.25) is 0 Å². The maximum atomic E-state index is 12.2. The van der Waals surface area contributed by atoms with Crippen molar-refractivity contribution in [3.8, 4) is 5.75 Å². The van der Waals surface area contributed by atoms with Crippen LogP contribution in [0, 0.1) is 0 Å². The Morgan fingerprint density at radius 3 is 2.45 bits per heavy atom. The number of nitrogens with zero attached hydrogens (tertiary/aromatic N) is 1. The first kappa shape index (κ1) is 20.4. The summed E-state index contributed by atoms with van der Waals surface area (Å²) < 4.78 is 10.7. The van der Waals surface area contributed by atoms with Gasteiger partial charge in [-0.1, -0.05) is 25.1 Å². The Balaban J connectivity index is 1.47. The zero-order chi connectivity index (χ0) is 20.6. The maximum Gasteiger partial charge on any atom is 0.347 e. The summed E-state index contributed by atoms with van der Waals surface area (Å²) in [6.45, 7) is 2.12. The predicted octanol–water partition coefficient (Wildman–Crippen LogP) is 3.15. The molecule has 0 unspecified atom stereocenters. The molecule has 0 aliphatic carbocycles. The molecule has 0 bridgehead atoms. The Hall–Kier alpha value is -3.35. The van der Waals surface area contributed by atoms with Gasteiger partial charge in [-0.05, 0) is 49.2 Å². The summed E-state index contributed by atoms with van der Waals surface area (Å²) in [5.41, 5.74) is 1.37. The number of benzene rings is 2. The van der Waals surface area contributed by atoms with Crippen molar-refractivity contribution in [1.82, 2.24) is 0 Å². The average molecular weight is 396 g/mol. The van der Waals surface area contributed by atoms with Gasteiger partial charge in [0.1, 0.15) is 5.75 Å². The fourth-order valence-electron chi connectivity index (χ4n) is 3.03. The molecule has 0 saturated carbocycles. The molecule has 2 amide bonds. The van der Waals surface area contributed by atoms with Crippen LogP contribution in [0.1, 0.15) is 26.2 Å². The lowest BCUT2D eigenvalue weighted by Gasteiger charge is -2.17. The van der Waals surface area contributed by atoms with Gasteiger partial charge >= 0.3 is 5.97 Å². The molecule has 7 heteroatoms. The number of para-hydroxylation sites is 1. The second kappa shape index (κ2) is 9.73. The van der Waals surface area contributed by atoms with Crippen molar-refractivity contribution >= 4 is 29.2 Å². The Bertz CT molecular complexity index is 851. The minimum atomic E-state index is -0.775. The molecule has 7 nitrogen and oxygen atoms in total. The first-order valence-electron chi connectivity index (χ1n) is 9.65. The molecule has 0 aromatic heterocycles. The van der Waals surface area contributed by atoms with Gasteiger partial charge < -0.3 is 19.7 Å². The molecule has 1 N–H and O–H groups in total. The number of esters is 1. The van der Waals surface area contributed by atoms with Crippen LogP contribution >= 0.6 is 0 Å². The molecule has 1 heterocycles. The van der Waals surface area contributed by atoms with Crippen molar-refractivity contribution < 1.29 is 23.9 Å². The molecule has 1 aliphatic heterocycles. The highest BCUT2D eigenvalue weighted by molar-refractivity contribution is 5.96. The smallest absolute Gasteiger partial charge is 0.347 e. The molecule has 3 rings (SSSR count). The van der Waals surface area contributed by atoms with Crippen LogP contribution in [0.3, 0.4) is 0 Å². The van der Waals surface area contributed by atoms with Crippen molar-refractivity contribution in [2.24, 2.45) is 0 Å². The first-order valence-corrected chi connectivity index (χ1v) is 9.65. The molecule has 0 radical (unpaired) electrons. The third kappa shape index (κ3) is 5.57. The maximum absolute atomic E-state index is 12.2. The van der Waals surface area contributed by atoms with Gasteiger partial charge in [0.05, 0.1) is 0 Å². The lowest BCUT2D eigenvalue weighted by Crippen LogP contribution is -2.31. The topological polar surface area (TPSA) is 84.9 Å². The lowest BCUT2D eigenvalue weighted by atomic mass is 10.2. The van der Waals surface area contributed by atoms with E-state index in [4.69, 9.17) is 9.47 Å². The number of hydrogen-bond acceptors (Lipinski definition) is 5. The molecule has 0 spiro atoms. The largest absolute Gasteiger partial charge is 0.479 e. The van der Waals surface area contributed by atoms with Crippen LogP contribution in [0.4, 0.5) is 11.4 Å². The molecule has 1 atom stereocenters. The van der Waals surface area contributed by atoms with E-state index in [-0.39, 0.29) is 5.91 Å². The van der Waals surface area contributed by atoms with E-state index in [9.17, 15) is 14.4 Å². The normalized spacial score (nSPS) is 14.4. The van der Waals surface area contributed by atoms with Gasteiger partial charge in [-0.3, -0.25) is 9.59 Å². The molecule has 2 aromatic rings. The number of anilines is 2. The second-order valence-electron chi connectivity index (χ2n) is 6.68. The van der Waals surface area contributed by atoms with Crippen LogP contribution in [0.25, 0.3) is 0 Å². The van der Waals surface area contributed by atoms with E-state index in [0.717, 1.165) is 12.1 Å². The Labute approximate surface area is 169 Å². The van der Waals surface area contributed by atoms with Crippen molar-refractivity contribution in [1.29, 1.82) is 0 Å². The quantitative estimate of drug-likeness (QED) is 0.693. The molecule has 1 fully saturated rings. The Kier molecular flexibility index (Phi) is 6.84. The van der Waals surface area contributed by atoms with Gasteiger partial charge in [-0.2, -0.15) is 0 Å². The van der Waals surface area contributed by atoms with Gasteiger partial charge in [0.25, 0.3) is 5.91 Å². The number of rotatable bonds is 8. The SMILES string of the molecule is CC[C@H](Oc1ccccc1)C(=O)OCC(=O)Nc1ccc(N2CCCC2=O)cc1. The minimum absolute atomic E-state index is 0.108. The molecule has 2 aromatic carbocycles. The summed E-state index contributed by atoms with van der Waals surface area (Å²) in [6.07, 6.45) is 1.07. The predicted molar refractivity (Wildman–Crippen MR) is 109 cm³/mol. The van der Waals surface area contributed by atoms with E-state index >= 15 is 0 Å². The number of carbonyl (C=O) groups is 3. The number of nitrogens with one attached hydrogen (secondary N) is 1. The van der Waals surface area contributed by atoms with Gasteiger partial charge in [0.2, 0.25) is 5.91 Å². The molecule has 29 heavy (non-hydrogen) atoms. The highest BCUT2D eigenvalue weighted by Gasteiger charge is 2.22. The van der Waals surface area contributed by atoms with Crippen LogP contribution in [0.5, 0.6) is 5.75 Å². The van der Waals surface area contributed by atoms with E-state index in [1.807, 2.05) is 25.1 Å². The van der Waals surface area contributed by atoms with Gasteiger partial charge in [-0.25, -0.2) is 4.79 Å². The number of ether oxygens (including phenoxy) is 2. The minimum Gasteiger partial charge on any atom is -0.479 e. The Morgan fingerprint density at radius 2 is 1.83 bits per heavy atom. The van der Waals surface area contributed by atoms with Crippen LogP contribution in [-0.2, 0) is 19.1 Å². The zero-order valence-electron chi connectivity index (χ0n) is 16.3. The Morgan fingerprint density at radius 1 is 1.10 bits per heavy atom. The van der Waals surface area contributed by atoms with E-state index in [2.05, 4.69) is 5.32 Å². The molecular weight excluding hydrogens is 372 g/mol. The summed E-state index contributed by atoms with van der Waals surface area (Å²) in [5.74, 6) is -0.360. The van der Waals surface area contributed by atoms with Crippen LogP contribution in [-0.4, -0.2) is 37.0 Å². The molecule has 1 aliphatic rings. The first-order chi connectivity index (χ1) is 14.1. The number of hydrogen-bond donors (Lipinski definition) is 1. The van der Waals surface area contributed by atoms with E-state index in [1.54, 1.807) is 41.3 Å². The van der Waals surface area contributed by atoms with Crippen molar-refractivity contribution in [3.05, 3.63) is 54.6 Å². The third-order valence-corrected chi connectivity index (χ3v) is 4.54.